The van der Waals surface area contributed by atoms with Crippen molar-refractivity contribution in [3.8, 4) is 5.88 Å². The summed E-state index contributed by atoms with van der Waals surface area (Å²) in [5.41, 5.74) is 5.19. The van der Waals surface area contributed by atoms with Gasteiger partial charge >= 0.3 is 11.6 Å². The number of methoxy groups -OCH3 is 1. The highest BCUT2D eigenvalue weighted by molar-refractivity contribution is 5.38. The van der Waals surface area contributed by atoms with E-state index < -0.39 is 4.92 Å². The first-order valence-corrected chi connectivity index (χ1v) is 6.15. The molecule has 0 spiro atoms. The quantitative estimate of drug-likeness (QED) is 0.646. The number of rotatable bonds is 5. The number of aromatic nitrogens is 2. The number of hydrogen-bond donors (Lipinski definition) is 1. The lowest BCUT2D eigenvalue weighted by Gasteiger charge is -1.96. The molecule has 0 radical (unpaired) electrons. The van der Waals surface area contributed by atoms with Gasteiger partial charge in [-0.1, -0.05) is 27.7 Å². The molecule has 0 saturated carbocycles. The van der Waals surface area contributed by atoms with E-state index in [2.05, 4.69) is 5.10 Å². The highest BCUT2D eigenvalue weighted by atomic mass is 16.6. The number of aryl methyl sites for hydroxylation is 1. The lowest BCUT2D eigenvalue weighted by Crippen LogP contribution is -2.06. The van der Waals surface area contributed by atoms with E-state index in [0.29, 0.717) is 13.1 Å². The van der Waals surface area contributed by atoms with Gasteiger partial charge in [-0.2, -0.15) is 0 Å². The number of nitrogens with two attached hydrogens (primary N) is 1. The Balaban J connectivity index is 0. The third kappa shape index (κ3) is 6.19. The lowest BCUT2D eigenvalue weighted by atomic mass is 10.4. The molecular formula is C11H24N4O3. The van der Waals surface area contributed by atoms with Crippen molar-refractivity contribution < 1.29 is 9.66 Å². The number of hydrogen-bond acceptors (Lipinski definition) is 5. The van der Waals surface area contributed by atoms with Crippen molar-refractivity contribution in [1.29, 1.82) is 0 Å². The normalized spacial score (nSPS) is 8.56. The summed E-state index contributed by atoms with van der Waals surface area (Å²) in [7, 11) is 1.35. The van der Waals surface area contributed by atoms with Crippen LogP contribution in [0.1, 0.15) is 34.1 Å². The molecule has 106 valence electrons. The zero-order chi connectivity index (χ0) is 14.6. The molecule has 0 amide bonds. The van der Waals surface area contributed by atoms with Crippen LogP contribution < -0.4 is 10.5 Å². The summed E-state index contributed by atoms with van der Waals surface area (Å²) in [5.74, 6) is 0.0343. The molecule has 0 aromatic carbocycles. The first-order chi connectivity index (χ1) is 8.69. The Morgan fingerprint density at radius 2 is 2.00 bits per heavy atom. The van der Waals surface area contributed by atoms with E-state index in [-0.39, 0.29) is 11.6 Å². The molecule has 18 heavy (non-hydrogen) atoms. The van der Waals surface area contributed by atoms with Crippen LogP contribution >= 0.6 is 0 Å². The van der Waals surface area contributed by atoms with Crippen LogP contribution in [-0.2, 0) is 6.54 Å². The molecule has 0 aliphatic carbocycles. The fourth-order valence-electron chi connectivity index (χ4n) is 1.03. The van der Waals surface area contributed by atoms with Crippen LogP contribution in [0.2, 0.25) is 0 Å². The maximum Gasteiger partial charge on any atom is 0.350 e. The highest BCUT2D eigenvalue weighted by Crippen LogP contribution is 2.23. The van der Waals surface area contributed by atoms with Crippen molar-refractivity contribution in [1.82, 2.24) is 9.78 Å². The molecule has 1 aromatic heterocycles. The molecule has 0 bridgehead atoms. The summed E-state index contributed by atoms with van der Waals surface area (Å²) < 4.78 is 6.22. The number of ether oxygens (including phenoxy) is 1. The fourth-order valence-corrected chi connectivity index (χ4v) is 1.03. The second-order valence-electron chi connectivity index (χ2n) is 2.69. The van der Waals surface area contributed by atoms with Gasteiger partial charge in [-0.05, 0) is 13.0 Å². The van der Waals surface area contributed by atoms with Gasteiger partial charge in [0.15, 0.2) is 0 Å². The average Bonchev–Trinajstić information content (AvgIpc) is 2.84. The van der Waals surface area contributed by atoms with Crippen LogP contribution in [0, 0.1) is 10.1 Å². The van der Waals surface area contributed by atoms with Gasteiger partial charge in [0.05, 0.1) is 12.0 Å². The van der Waals surface area contributed by atoms with Crippen LogP contribution in [0.25, 0.3) is 0 Å². The highest BCUT2D eigenvalue weighted by Gasteiger charge is 2.19. The molecule has 2 N–H and O–H groups in total. The summed E-state index contributed by atoms with van der Waals surface area (Å²) in [6.07, 6.45) is 2.07. The first-order valence-electron chi connectivity index (χ1n) is 6.15. The fraction of sp³-hybridized carbons (Fsp3) is 0.727. The van der Waals surface area contributed by atoms with Gasteiger partial charge in [0.2, 0.25) is 0 Å². The van der Waals surface area contributed by atoms with Crippen molar-refractivity contribution in [3.05, 3.63) is 16.3 Å². The van der Waals surface area contributed by atoms with Crippen molar-refractivity contribution in [2.45, 2.75) is 40.7 Å². The summed E-state index contributed by atoms with van der Waals surface area (Å²) in [5, 5.41) is 14.4. The standard InChI is InChI=1S/C7H12N4O3.2C2H6/c1-14-7-6(11(12)13)5-10(9-7)4-2-3-8;2*1-2/h5H,2-4,8H2,1H3;2*1-2H3. The van der Waals surface area contributed by atoms with E-state index >= 15 is 0 Å². The summed E-state index contributed by atoms with van der Waals surface area (Å²) in [4.78, 5) is 9.99. The van der Waals surface area contributed by atoms with Crippen molar-refractivity contribution in [2.75, 3.05) is 13.7 Å². The van der Waals surface area contributed by atoms with E-state index in [1.165, 1.54) is 18.0 Å². The third-order valence-corrected chi connectivity index (χ3v) is 1.69. The molecule has 0 unspecified atom stereocenters. The van der Waals surface area contributed by atoms with Gasteiger partial charge in [0.1, 0.15) is 6.20 Å². The van der Waals surface area contributed by atoms with Crippen LogP contribution in [0.3, 0.4) is 0 Å². The Kier molecular flexibility index (Phi) is 12.3. The molecule has 0 atom stereocenters. The molecule has 7 nitrogen and oxygen atoms in total. The second kappa shape index (κ2) is 11.8. The topological polar surface area (TPSA) is 96.2 Å². The van der Waals surface area contributed by atoms with Gasteiger partial charge in [0.25, 0.3) is 0 Å². The molecule has 1 heterocycles. The summed E-state index contributed by atoms with van der Waals surface area (Å²) in [6.45, 7) is 9.08. The average molecular weight is 260 g/mol. The minimum atomic E-state index is -0.523. The predicted octanol–water partition coefficient (Wildman–Crippen LogP) is 2.20. The van der Waals surface area contributed by atoms with Gasteiger partial charge in [-0.25, -0.2) is 0 Å². The summed E-state index contributed by atoms with van der Waals surface area (Å²) in [6, 6.07) is 0. The molecule has 0 aliphatic rings. The SMILES string of the molecule is CC.CC.COc1nn(CCCN)cc1[N+](=O)[O-]. The molecular weight excluding hydrogens is 236 g/mol. The van der Waals surface area contributed by atoms with Crippen molar-refractivity contribution in [2.24, 2.45) is 5.73 Å². The van der Waals surface area contributed by atoms with Gasteiger partial charge in [0, 0.05) is 6.54 Å². The van der Waals surface area contributed by atoms with Crippen molar-refractivity contribution in [3.63, 3.8) is 0 Å². The largest absolute Gasteiger partial charge is 0.475 e. The smallest absolute Gasteiger partial charge is 0.350 e. The molecule has 1 rings (SSSR count). The van der Waals surface area contributed by atoms with Gasteiger partial charge in [-0.3, -0.25) is 14.8 Å². The minimum absolute atomic E-state index is 0.0343. The van der Waals surface area contributed by atoms with E-state index in [0.717, 1.165) is 6.42 Å². The molecule has 1 aromatic rings. The number of nitrogens with zero attached hydrogens (tertiary/aromatic N) is 3. The van der Waals surface area contributed by atoms with E-state index in [1.54, 1.807) is 0 Å². The minimum Gasteiger partial charge on any atom is -0.475 e. The Morgan fingerprint density at radius 3 is 2.33 bits per heavy atom. The molecule has 0 fully saturated rings. The Hall–Kier alpha value is -1.63. The first kappa shape index (κ1) is 18.7. The van der Waals surface area contributed by atoms with Crippen LogP contribution in [0.5, 0.6) is 5.88 Å². The Labute approximate surface area is 108 Å². The monoisotopic (exact) mass is 260 g/mol. The second-order valence-corrected chi connectivity index (χ2v) is 2.69. The van der Waals surface area contributed by atoms with Crippen LogP contribution in [0.4, 0.5) is 5.69 Å². The molecule has 0 saturated heterocycles. The third-order valence-electron chi connectivity index (χ3n) is 1.69. The van der Waals surface area contributed by atoms with Crippen LogP contribution in [-0.4, -0.2) is 28.4 Å². The van der Waals surface area contributed by atoms with Crippen LogP contribution in [0.15, 0.2) is 6.20 Å². The zero-order valence-electron chi connectivity index (χ0n) is 11.8. The number of nitro groups is 1. The zero-order valence-corrected chi connectivity index (χ0v) is 11.8. The maximum absolute atomic E-state index is 10.5. The predicted molar refractivity (Wildman–Crippen MR) is 71.8 cm³/mol. The van der Waals surface area contributed by atoms with E-state index in [4.69, 9.17) is 10.5 Å². The molecule has 0 aliphatic heterocycles. The van der Waals surface area contributed by atoms with E-state index in [9.17, 15) is 10.1 Å². The van der Waals surface area contributed by atoms with Gasteiger partial charge in [-0.15, -0.1) is 5.10 Å². The molecule has 7 heteroatoms. The van der Waals surface area contributed by atoms with E-state index in [1.807, 2.05) is 27.7 Å². The Bertz CT molecular complexity index is 326. The Morgan fingerprint density at radius 1 is 1.44 bits per heavy atom. The maximum atomic E-state index is 10.5. The van der Waals surface area contributed by atoms with Gasteiger partial charge < -0.3 is 10.5 Å². The lowest BCUT2D eigenvalue weighted by molar-refractivity contribution is -0.385. The summed E-state index contributed by atoms with van der Waals surface area (Å²) >= 11 is 0. The van der Waals surface area contributed by atoms with Crippen molar-refractivity contribution >= 4 is 5.69 Å².